The zero-order chi connectivity index (χ0) is 77.8. The van der Waals surface area contributed by atoms with Crippen LogP contribution in [0.5, 0.6) is 5.75 Å². The molecule has 4 aromatic carbocycles. The molecule has 3 aromatic heterocycles. The molecule has 0 radical (unpaired) electrons. The molecule has 4 fully saturated rings. The normalized spacial score (nSPS) is 29.3. The van der Waals surface area contributed by atoms with Gasteiger partial charge in [-0.2, -0.15) is 0 Å². The minimum Gasteiger partial charge on any atom is -0.462 e. The monoisotopic (exact) mass is 1590 g/mol. The Morgan fingerprint density at radius 1 is 0.352 bits per heavy atom. The molecule has 108 heavy (non-hydrogen) atoms. The van der Waals surface area contributed by atoms with E-state index in [9.17, 15) is 76.6 Å². The topological polar surface area (TPSA) is 407 Å². The highest BCUT2D eigenvalue weighted by Crippen LogP contribution is 2.49. The molecule has 0 amide bonds. The molecule has 0 saturated carbocycles. The smallest absolute Gasteiger partial charge is 0.229 e. The molecule has 20 atom stereocenters. The summed E-state index contributed by atoms with van der Waals surface area (Å²) in [6.07, 6.45) is -29.3. The van der Waals surface area contributed by atoms with E-state index < -0.39 is 297 Å². The second-order valence-electron chi connectivity index (χ2n) is 25.4. The summed E-state index contributed by atoms with van der Waals surface area (Å²) in [6, 6.07) is 8.78. The average molecular weight is 1590 g/mol. The van der Waals surface area contributed by atoms with Crippen molar-refractivity contribution in [3.8, 4) is 50.3 Å². The molecule has 578 valence electrons. The van der Waals surface area contributed by atoms with Gasteiger partial charge in [0.05, 0.1) is 80.1 Å². The summed E-state index contributed by atoms with van der Waals surface area (Å²) in [4.78, 5) is 9.71. The maximum atomic E-state index is 17.6. The predicted octanol–water partition coefficient (Wildman–Crippen LogP) is 5.27. The molecule has 0 spiro atoms. The molecule has 13 rings (SSSR count). The molecule has 0 aliphatic carbocycles. The van der Waals surface area contributed by atoms with Gasteiger partial charge in [-0.25, -0.2) is 62.7 Å². The average Bonchev–Trinajstić information content (AvgIpc) is 1.45. The van der Waals surface area contributed by atoms with Crippen LogP contribution in [0.3, 0.4) is 0 Å². The molecule has 24 nitrogen and oxygen atoms in total. The largest absolute Gasteiger partial charge is 0.462 e. The van der Waals surface area contributed by atoms with Crippen molar-refractivity contribution in [1.29, 1.82) is 0 Å². The van der Waals surface area contributed by atoms with Gasteiger partial charge in [0.15, 0.2) is 69.8 Å². The molecule has 9 heterocycles. The molecule has 7 aromatic rings. The molecule has 17 N–H and O–H groups in total. The summed E-state index contributed by atoms with van der Waals surface area (Å²) < 4.78 is 236. The SMILES string of the molecule is CC[C@H]1OC(Sc2c(F)c(F)c(-c3c4nc(c(-c5c(F)c(F)c(S[C@@H]6OC(CO)[C@@H](O)[C@H](O)C6O)c(F)c5F)c5ccc([nH]5)c(-c5cccc(O[C@@H]6OC(CO)[C@@H](O)[C@H](O)C6O)c5)c5nc(c(-c6c(F)c(F)c(S[C@@H]7OC(CO)[C@@H](O)[C@H](O)C7O)c(F)c6F)c6ccc3[nH]6)C=C5)C=C4)c(F)c2F)[C@H](O)[C@H](O)C1O. The van der Waals surface area contributed by atoms with Crippen LogP contribution in [0.2, 0.25) is 0 Å². The quantitative estimate of drug-likeness (QED) is 0.0433. The number of halogens is 12. The fraction of sp³-hybridized carbons (Fsp3) is 0.362. The summed E-state index contributed by atoms with van der Waals surface area (Å²) in [5, 5.41) is 157. The van der Waals surface area contributed by atoms with Gasteiger partial charge in [-0.1, -0.05) is 54.3 Å². The number of benzene rings is 4. The van der Waals surface area contributed by atoms with E-state index in [0.717, 1.165) is 48.6 Å². The first kappa shape index (κ1) is 78.8. The Morgan fingerprint density at radius 3 is 0.981 bits per heavy atom. The van der Waals surface area contributed by atoms with Crippen LogP contribution in [-0.4, -0.2) is 237 Å². The second-order valence-corrected chi connectivity index (χ2v) is 28.7. The van der Waals surface area contributed by atoms with Gasteiger partial charge in [-0.15, -0.1) is 0 Å². The fourth-order valence-electron chi connectivity index (χ4n) is 13.2. The third kappa shape index (κ3) is 13.7. The van der Waals surface area contributed by atoms with Crippen LogP contribution < -0.4 is 4.74 Å². The van der Waals surface area contributed by atoms with E-state index in [-0.39, 0.29) is 64.1 Å². The summed E-state index contributed by atoms with van der Waals surface area (Å²) in [5.74, 6) is -27.6. The van der Waals surface area contributed by atoms with Crippen molar-refractivity contribution in [2.45, 2.75) is 148 Å². The number of H-pyrrole nitrogens is 2. The summed E-state index contributed by atoms with van der Waals surface area (Å²) >= 11 is -0.685. The first-order valence-corrected chi connectivity index (χ1v) is 35.1. The van der Waals surface area contributed by atoms with Crippen molar-refractivity contribution >= 4 is 81.7 Å². The Kier molecular flexibility index (Phi) is 22.7. The number of hydrogen-bond donors (Lipinski definition) is 17. The number of nitrogens with one attached hydrogen (secondary N) is 2. The number of aliphatic hydroxyl groups is 15. The van der Waals surface area contributed by atoms with Crippen LogP contribution in [-0.2, 0) is 18.9 Å². The lowest BCUT2D eigenvalue weighted by atomic mass is 9.98. The fourth-order valence-corrected chi connectivity index (χ4v) is 16.5. The van der Waals surface area contributed by atoms with E-state index >= 15 is 52.7 Å². The minimum atomic E-state index is -2.34. The third-order valence-electron chi connectivity index (χ3n) is 18.9. The van der Waals surface area contributed by atoms with Crippen molar-refractivity contribution in [2.75, 3.05) is 19.8 Å². The van der Waals surface area contributed by atoms with E-state index in [4.69, 9.17) is 23.7 Å². The van der Waals surface area contributed by atoms with Gasteiger partial charge in [0.1, 0.15) is 114 Å². The summed E-state index contributed by atoms with van der Waals surface area (Å²) in [6.45, 7) is -1.58. The van der Waals surface area contributed by atoms with E-state index in [1.165, 1.54) is 31.2 Å². The van der Waals surface area contributed by atoms with Crippen LogP contribution >= 0.6 is 35.3 Å². The maximum Gasteiger partial charge on any atom is 0.229 e. The van der Waals surface area contributed by atoms with Crippen LogP contribution in [0.25, 0.3) is 90.9 Å². The lowest BCUT2D eigenvalue weighted by Gasteiger charge is -2.40. The minimum absolute atomic E-state index is 0.0898. The Bertz CT molecular complexity index is 4740. The van der Waals surface area contributed by atoms with Crippen LogP contribution in [0.1, 0.15) is 36.1 Å². The molecule has 8 unspecified atom stereocenters. The highest BCUT2D eigenvalue weighted by Gasteiger charge is 2.50. The van der Waals surface area contributed by atoms with Gasteiger partial charge in [0.25, 0.3) is 0 Å². The molecule has 6 aliphatic rings. The zero-order valence-electron chi connectivity index (χ0n) is 54.7. The third-order valence-corrected chi connectivity index (χ3v) is 22.5. The van der Waals surface area contributed by atoms with Crippen LogP contribution in [0.15, 0.2) is 63.2 Å². The Morgan fingerprint density at radius 2 is 0.648 bits per heavy atom. The Hall–Kier alpha value is -7.27. The molecule has 6 aliphatic heterocycles. The van der Waals surface area contributed by atoms with Gasteiger partial charge in [-0.05, 0) is 72.7 Å². The number of fused-ring (bicyclic) bond motifs is 8. The first-order valence-electron chi connectivity index (χ1n) is 32.5. The van der Waals surface area contributed by atoms with Gasteiger partial charge in [-0.3, -0.25) is 0 Å². The van der Waals surface area contributed by atoms with E-state index in [1.54, 1.807) is 0 Å². The molecule has 4 saturated heterocycles. The number of hydrogen-bond acceptors (Lipinski definition) is 25. The maximum absolute atomic E-state index is 17.6. The highest BCUT2D eigenvalue weighted by molar-refractivity contribution is 8.00. The summed E-state index contributed by atoms with van der Waals surface area (Å²) in [7, 11) is 0. The van der Waals surface area contributed by atoms with E-state index in [1.807, 2.05) is 0 Å². The van der Waals surface area contributed by atoms with Gasteiger partial charge < -0.3 is 110 Å². The molecular weight excluding hydrogens is 1530 g/mol. The summed E-state index contributed by atoms with van der Waals surface area (Å²) in [5.41, 5.74) is -20.2. The van der Waals surface area contributed by atoms with Gasteiger partial charge >= 0.3 is 0 Å². The lowest BCUT2D eigenvalue weighted by Crippen LogP contribution is -2.60. The predicted molar refractivity (Wildman–Crippen MR) is 357 cm³/mol. The van der Waals surface area contributed by atoms with E-state index in [0.29, 0.717) is 0 Å². The van der Waals surface area contributed by atoms with Crippen molar-refractivity contribution in [3.05, 3.63) is 141 Å². The Labute approximate surface area is 611 Å². The van der Waals surface area contributed by atoms with Crippen molar-refractivity contribution in [2.24, 2.45) is 0 Å². The molecular formula is C69H60F12N4O20S3. The van der Waals surface area contributed by atoms with Gasteiger partial charge in [0.2, 0.25) is 6.29 Å². The number of aromatic nitrogens is 4. The van der Waals surface area contributed by atoms with Gasteiger partial charge in [0, 0.05) is 44.3 Å². The number of ether oxygens (including phenoxy) is 5. The number of aromatic amines is 2. The second kappa shape index (κ2) is 31.1. The van der Waals surface area contributed by atoms with E-state index in [2.05, 4.69) is 19.9 Å². The number of aliphatic hydroxyl groups excluding tert-OH is 15. The first-order chi connectivity index (χ1) is 51.3. The van der Waals surface area contributed by atoms with Crippen LogP contribution in [0.4, 0.5) is 52.7 Å². The van der Waals surface area contributed by atoms with Crippen molar-refractivity contribution < 1.29 is 153 Å². The van der Waals surface area contributed by atoms with Crippen LogP contribution in [0, 0.1) is 69.8 Å². The zero-order valence-corrected chi connectivity index (χ0v) is 57.2. The number of nitrogens with zero attached hydrogens (tertiary/aromatic N) is 2. The number of thioether (sulfide) groups is 3. The molecule has 8 bridgehead atoms. The molecule has 39 heteroatoms. The standard InChI is InChI=1S/C69H60F12N4O20S3/c1-2-28-51(89)56(94)60(98)67(103-28)106-63-45(76)43(74)38(44(75)46(63)77)35-26-12-10-24(84-26)33(36-39(70)47(78)64(48(79)40(36)71)107-68-61(99)57(95)53(91)30(16-87)104-68)22-8-6-20(82-22)32(18-4-3-5-19(14-18)101-66-59(97)55(93)52(90)29(15-86)102-66)21-7-9-23(83-21)34(25-11-13-27(35)85-25)37-41(72)49(80)65(50(81)42(37)73)108-69-62(100)58(96)54(92)31(17-88)105-69/h3-14,28-31,51-62,66-69,82,85-100H,2,15-17H2,1H3/t28-,29?,30?,31?,51?,52-,53-,54-,55+,56-,57+,58+,59?,60-,61?,62?,66-,67?,68+,69+/m1/s1. The number of rotatable bonds is 16. The lowest BCUT2D eigenvalue weighted by molar-refractivity contribution is -0.277. The Balaban J connectivity index is 1.11. The highest BCUT2D eigenvalue weighted by atomic mass is 32.2. The van der Waals surface area contributed by atoms with Crippen molar-refractivity contribution in [1.82, 2.24) is 19.9 Å². The van der Waals surface area contributed by atoms with Crippen molar-refractivity contribution in [3.63, 3.8) is 0 Å².